The predicted octanol–water partition coefficient (Wildman–Crippen LogP) is 2.90. The van der Waals surface area contributed by atoms with E-state index in [1.54, 1.807) is 27.7 Å². The van der Waals surface area contributed by atoms with Crippen LogP contribution in [0.25, 0.3) is 0 Å². The van der Waals surface area contributed by atoms with Gasteiger partial charge in [0.1, 0.15) is 0 Å². The lowest BCUT2D eigenvalue weighted by atomic mass is 10.0. The highest BCUT2D eigenvalue weighted by atomic mass is 31.2. The average Bonchev–Trinajstić information content (AvgIpc) is 2.39. The molecule has 22 heavy (non-hydrogen) atoms. The van der Waals surface area contributed by atoms with Gasteiger partial charge in [0.25, 0.3) is 0 Å². The molecule has 0 aliphatic rings. The van der Waals surface area contributed by atoms with Gasteiger partial charge in [-0.1, -0.05) is 0 Å². The minimum atomic E-state index is -3.52. The minimum absolute atomic E-state index is 0.122. The van der Waals surface area contributed by atoms with E-state index in [1.165, 1.54) is 12.7 Å². The normalized spacial score (nSPS) is 12.4. The molecule has 8 heteroatoms. The summed E-state index contributed by atoms with van der Waals surface area (Å²) in [7, 11) is -3.52. The predicted molar refractivity (Wildman–Crippen MR) is 81.4 cm³/mol. The molecule has 0 saturated carbocycles. The fraction of sp³-hybridized carbons (Fsp3) is 0.714. The quantitative estimate of drug-likeness (QED) is 0.344. The maximum atomic E-state index is 12.5. The summed E-state index contributed by atoms with van der Waals surface area (Å²) in [5.74, 6) is -1.61. The highest BCUT2D eigenvalue weighted by Crippen LogP contribution is 2.51. The van der Waals surface area contributed by atoms with Gasteiger partial charge in [-0.15, -0.1) is 0 Å². The molecule has 0 aromatic heterocycles. The van der Waals surface area contributed by atoms with Crippen molar-refractivity contribution in [2.45, 2.75) is 34.6 Å². The van der Waals surface area contributed by atoms with Gasteiger partial charge in [-0.25, -0.2) is 0 Å². The lowest BCUT2D eigenvalue weighted by Gasteiger charge is -2.18. The van der Waals surface area contributed by atoms with Crippen molar-refractivity contribution < 1.29 is 32.7 Å². The van der Waals surface area contributed by atoms with Gasteiger partial charge >= 0.3 is 19.5 Å². The molecule has 0 radical (unpaired) electrons. The zero-order valence-electron chi connectivity index (χ0n) is 13.8. The van der Waals surface area contributed by atoms with Crippen LogP contribution in [-0.2, 0) is 32.7 Å². The molecule has 7 nitrogen and oxygen atoms in total. The van der Waals surface area contributed by atoms with Crippen LogP contribution in [0.2, 0.25) is 0 Å². The number of carbonyl (C=O) groups is 2. The molecule has 0 atom stereocenters. The third kappa shape index (κ3) is 6.73. The zero-order chi connectivity index (χ0) is 17.2. The number of esters is 2. The van der Waals surface area contributed by atoms with Crippen LogP contribution in [0.5, 0.6) is 0 Å². The van der Waals surface area contributed by atoms with Crippen LogP contribution in [-0.4, -0.2) is 38.4 Å². The van der Waals surface area contributed by atoms with E-state index in [1.807, 2.05) is 0 Å². The first kappa shape index (κ1) is 20.8. The highest BCUT2D eigenvalue weighted by molar-refractivity contribution is 7.57. The second-order valence-corrected chi connectivity index (χ2v) is 6.04. The summed E-state index contributed by atoms with van der Waals surface area (Å²) in [6.07, 6.45) is 0. The molecule has 0 N–H and O–H groups in total. The maximum Gasteiger partial charge on any atom is 0.354 e. The third-order valence-electron chi connectivity index (χ3n) is 2.48. The van der Waals surface area contributed by atoms with Crippen LogP contribution in [0.3, 0.4) is 0 Å². The molecular formula is C14H25O7P. The van der Waals surface area contributed by atoms with Crippen LogP contribution in [0.1, 0.15) is 34.6 Å². The number of rotatable bonds is 10. The fourth-order valence-electron chi connectivity index (χ4n) is 1.71. The molecule has 0 amide bonds. The summed E-state index contributed by atoms with van der Waals surface area (Å²) in [4.78, 5) is 23.9. The van der Waals surface area contributed by atoms with Gasteiger partial charge in [-0.2, -0.15) is 0 Å². The van der Waals surface area contributed by atoms with Crippen LogP contribution >= 0.6 is 7.60 Å². The second-order valence-electron chi connectivity index (χ2n) is 4.19. The van der Waals surface area contributed by atoms with Gasteiger partial charge in [-0.05, 0) is 40.2 Å². The number of hydrogen-bond acceptors (Lipinski definition) is 7. The summed E-state index contributed by atoms with van der Waals surface area (Å²) in [6, 6.07) is 0. The van der Waals surface area contributed by atoms with Crippen molar-refractivity contribution in [1.29, 1.82) is 0 Å². The van der Waals surface area contributed by atoms with E-state index in [0.717, 1.165) is 0 Å². The highest BCUT2D eigenvalue weighted by Gasteiger charge is 2.33. The van der Waals surface area contributed by atoms with Crippen LogP contribution in [0.4, 0.5) is 0 Å². The number of ether oxygens (including phenoxy) is 2. The smallest absolute Gasteiger partial charge is 0.354 e. The van der Waals surface area contributed by atoms with E-state index in [-0.39, 0.29) is 32.0 Å². The van der Waals surface area contributed by atoms with Crippen molar-refractivity contribution in [3.05, 3.63) is 11.4 Å². The number of carbonyl (C=O) groups excluding carboxylic acids is 2. The summed E-state index contributed by atoms with van der Waals surface area (Å²) < 4.78 is 32.5. The monoisotopic (exact) mass is 336 g/mol. The summed E-state index contributed by atoms with van der Waals surface area (Å²) >= 11 is 0. The van der Waals surface area contributed by atoms with E-state index in [4.69, 9.17) is 18.5 Å². The first-order valence-electron chi connectivity index (χ1n) is 7.26. The zero-order valence-corrected chi connectivity index (χ0v) is 14.7. The van der Waals surface area contributed by atoms with Crippen LogP contribution in [0, 0.1) is 5.92 Å². The maximum absolute atomic E-state index is 12.5. The van der Waals surface area contributed by atoms with Crippen molar-refractivity contribution >= 4 is 19.5 Å². The standard InChI is InChI=1S/C14H25O7P/c1-6-18-13(15)12(14(16)19-7-2)11(5)10-22(17,20-8-3)21-9-4/h10,12H,6-9H2,1-5H3/b11-10-. The molecule has 0 fully saturated rings. The molecule has 0 aliphatic heterocycles. The average molecular weight is 336 g/mol. The fourth-order valence-corrected chi connectivity index (χ4v) is 3.31. The molecule has 0 spiro atoms. The summed E-state index contributed by atoms with van der Waals surface area (Å²) in [5.41, 5.74) is 0.210. The Labute approximate surface area is 131 Å². The van der Waals surface area contributed by atoms with Crippen LogP contribution in [0.15, 0.2) is 11.4 Å². The summed E-state index contributed by atoms with van der Waals surface area (Å²) in [6.45, 7) is 8.67. The Balaban J connectivity index is 5.51. The summed E-state index contributed by atoms with van der Waals surface area (Å²) in [5, 5.41) is 0. The molecule has 128 valence electrons. The Morgan fingerprint density at radius 1 is 0.909 bits per heavy atom. The van der Waals surface area contributed by atoms with E-state index >= 15 is 0 Å². The molecule has 0 aliphatic carbocycles. The molecule has 0 rings (SSSR count). The van der Waals surface area contributed by atoms with E-state index in [2.05, 4.69) is 0 Å². The van der Waals surface area contributed by atoms with E-state index < -0.39 is 25.5 Å². The topological polar surface area (TPSA) is 88.1 Å². The Morgan fingerprint density at radius 3 is 1.64 bits per heavy atom. The minimum Gasteiger partial charge on any atom is -0.465 e. The van der Waals surface area contributed by atoms with Gasteiger partial charge in [0, 0.05) is 5.82 Å². The molecule has 0 aromatic rings. The first-order chi connectivity index (χ1) is 10.3. The largest absolute Gasteiger partial charge is 0.465 e. The Bertz CT molecular complexity index is 416. The Hall–Kier alpha value is -1.17. The van der Waals surface area contributed by atoms with Gasteiger partial charge in [-0.3, -0.25) is 14.2 Å². The van der Waals surface area contributed by atoms with Crippen molar-refractivity contribution in [2.75, 3.05) is 26.4 Å². The molecule has 0 heterocycles. The lowest BCUT2D eigenvalue weighted by Crippen LogP contribution is -2.29. The van der Waals surface area contributed by atoms with Crippen molar-refractivity contribution in [3.8, 4) is 0 Å². The molecule has 0 unspecified atom stereocenters. The lowest BCUT2D eigenvalue weighted by molar-refractivity contribution is -0.159. The van der Waals surface area contributed by atoms with Gasteiger partial charge in [0.2, 0.25) is 0 Å². The molecule has 0 saturated heterocycles. The SMILES string of the molecule is CCOC(=O)C(C(=O)OCC)/C(C)=C\P(=O)(OCC)OCC. The van der Waals surface area contributed by atoms with E-state index in [9.17, 15) is 14.2 Å². The number of hydrogen-bond donors (Lipinski definition) is 0. The Morgan fingerprint density at radius 2 is 1.32 bits per heavy atom. The van der Waals surface area contributed by atoms with E-state index in [0.29, 0.717) is 0 Å². The first-order valence-corrected chi connectivity index (χ1v) is 8.87. The molecule has 0 bridgehead atoms. The van der Waals surface area contributed by atoms with Crippen molar-refractivity contribution in [2.24, 2.45) is 5.92 Å². The van der Waals surface area contributed by atoms with Gasteiger partial charge < -0.3 is 18.5 Å². The second kappa shape index (κ2) is 10.5. The Kier molecular flexibility index (Phi) is 9.98. The molecule has 0 aromatic carbocycles. The van der Waals surface area contributed by atoms with Crippen molar-refractivity contribution in [1.82, 2.24) is 0 Å². The van der Waals surface area contributed by atoms with Crippen LogP contribution < -0.4 is 0 Å². The molecular weight excluding hydrogens is 311 g/mol. The van der Waals surface area contributed by atoms with Crippen molar-refractivity contribution in [3.63, 3.8) is 0 Å². The van der Waals surface area contributed by atoms with Gasteiger partial charge in [0.05, 0.1) is 26.4 Å². The van der Waals surface area contributed by atoms with Gasteiger partial charge in [0.15, 0.2) is 5.92 Å². The third-order valence-corrected chi connectivity index (χ3v) is 4.44.